The summed E-state index contributed by atoms with van der Waals surface area (Å²) in [6.07, 6.45) is -0.142. The van der Waals surface area contributed by atoms with E-state index in [-0.39, 0.29) is 12.3 Å². The van der Waals surface area contributed by atoms with Crippen LogP contribution in [0, 0.1) is 11.3 Å². The van der Waals surface area contributed by atoms with E-state index >= 15 is 0 Å². The molecule has 1 aromatic carbocycles. The fourth-order valence-electron chi connectivity index (χ4n) is 0.978. The third-order valence-electron chi connectivity index (χ3n) is 1.59. The zero-order valence-corrected chi connectivity index (χ0v) is 7.78. The van der Waals surface area contributed by atoms with Crippen LogP contribution in [0.2, 0.25) is 0 Å². The van der Waals surface area contributed by atoms with E-state index in [1.807, 2.05) is 0 Å². The van der Waals surface area contributed by atoms with Crippen LogP contribution in [-0.4, -0.2) is 13.0 Å². The van der Waals surface area contributed by atoms with Crippen molar-refractivity contribution in [3.8, 4) is 11.8 Å². The molecule has 1 rings (SSSR count). The summed E-state index contributed by atoms with van der Waals surface area (Å²) in [6.45, 7) is 0. The minimum atomic E-state index is -0.319. The summed E-state index contributed by atoms with van der Waals surface area (Å²) in [5.41, 5.74) is 0.629. The molecule has 0 radical (unpaired) electrons. The van der Waals surface area contributed by atoms with Crippen LogP contribution in [0.1, 0.15) is 6.42 Å². The third-order valence-corrected chi connectivity index (χ3v) is 1.59. The Morgan fingerprint density at radius 2 is 2.43 bits per heavy atom. The van der Waals surface area contributed by atoms with E-state index in [2.05, 4.69) is 5.32 Å². The average molecular weight is 190 g/mol. The van der Waals surface area contributed by atoms with Crippen LogP contribution in [0.3, 0.4) is 0 Å². The molecule has 0 aromatic heterocycles. The molecule has 0 fully saturated rings. The van der Waals surface area contributed by atoms with E-state index in [1.54, 1.807) is 37.4 Å². The number of methoxy groups -OCH3 is 1. The number of nitrogens with zero attached hydrogens (tertiary/aromatic N) is 1. The van der Waals surface area contributed by atoms with Crippen LogP contribution >= 0.6 is 0 Å². The maximum Gasteiger partial charge on any atom is 0.238 e. The number of benzene rings is 1. The molecule has 0 atom stereocenters. The summed E-state index contributed by atoms with van der Waals surface area (Å²) < 4.78 is 4.98. The molecule has 0 saturated heterocycles. The molecule has 1 N–H and O–H groups in total. The normalized spacial score (nSPS) is 8.86. The highest BCUT2D eigenvalue weighted by Crippen LogP contribution is 2.16. The topological polar surface area (TPSA) is 62.1 Å². The molecule has 14 heavy (non-hydrogen) atoms. The highest BCUT2D eigenvalue weighted by molar-refractivity contribution is 5.92. The number of carbonyl (C=O) groups excluding carboxylic acids is 1. The highest BCUT2D eigenvalue weighted by Gasteiger charge is 2.01. The Kier molecular flexibility index (Phi) is 3.50. The second kappa shape index (κ2) is 4.87. The van der Waals surface area contributed by atoms with Crippen LogP contribution in [0.15, 0.2) is 24.3 Å². The molecule has 0 aliphatic carbocycles. The summed E-state index contributed by atoms with van der Waals surface area (Å²) in [6, 6.07) is 8.74. The molecule has 4 heteroatoms. The van der Waals surface area contributed by atoms with Crippen LogP contribution in [0.4, 0.5) is 5.69 Å². The quantitative estimate of drug-likeness (QED) is 0.786. The van der Waals surface area contributed by atoms with E-state index in [0.29, 0.717) is 11.4 Å². The zero-order valence-electron chi connectivity index (χ0n) is 7.78. The first-order chi connectivity index (χ1) is 6.76. The number of nitriles is 1. The van der Waals surface area contributed by atoms with Gasteiger partial charge in [0, 0.05) is 11.8 Å². The van der Waals surface area contributed by atoms with E-state index in [9.17, 15) is 4.79 Å². The number of amides is 1. The minimum Gasteiger partial charge on any atom is -0.497 e. The van der Waals surface area contributed by atoms with Gasteiger partial charge in [-0.1, -0.05) is 6.07 Å². The standard InChI is InChI=1S/C10H10N2O2/c1-14-9-4-2-3-8(7-9)12-10(13)5-6-11/h2-4,7H,5H2,1H3,(H,12,13). The number of nitrogens with one attached hydrogen (secondary N) is 1. The van der Waals surface area contributed by atoms with Gasteiger partial charge in [-0.3, -0.25) is 4.79 Å². The molecule has 0 bridgehead atoms. The van der Waals surface area contributed by atoms with Gasteiger partial charge in [0.05, 0.1) is 13.2 Å². The molecule has 0 saturated carbocycles. The van der Waals surface area contributed by atoms with Gasteiger partial charge in [-0.2, -0.15) is 5.26 Å². The summed E-state index contributed by atoms with van der Waals surface area (Å²) >= 11 is 0. The van der Waals surface area contributed by atoms with Crippen LogP contribution in [0.5, 0.6) is 5.75 Å². The van der Waals surface area contributed by atoms with Gasteiger partial charge in [-0.05, 0) is 12.1 Å². The second-order valence-corrected chi connectivity index (χ2v) is 2.62. The zero-order chi connectivity index (χ0) is 10.4. The van der Waals surface area contributed by atoms with Crippen LogP contribution in [-0.2, 0) is 4.79 Å². The first kappa shape index (κ1) is 10.1. The maximum absolute atomic E-state index is 11.0. The second-order valence-electron chi connectivity index (χ2n) is 2.62. The van der Waals surface area contributed by atoms with Gasteiger partial charge in [0.25, 0.3) is 0 Å². The van der Waals surface area contributed by atoms with E-state index in [0.717, 1.165) is 0 Å². The van der Waals surface area contributed by atoms with Gasteiger partial charge < -0.3 is 10.1 Å². The Labute approximate surface area is 82.1 Å². The Balaban J connectivity index is 2.68. The molecule has 4 nitrogen and oxygen atoms in total. The van der Waals surface area contributed by atoms with Crippen molar-refractivity contribution in [3.63, 3.8) is 0 Å². The number of carbonyl (C=O) groups is 1. The smallest absolute Gasteiger partial charge is 0.238 e. The maximum atomic E-state index is 11.0. The van der Waals surface area contributed by atoms with Crippen molar-refractivity contribution in [3.05, 3.63) is 24.3 Å². The van der Waals surface area contributed by atoms with E-state index < -0.39 is 0 Å². The predicted molar refractivity (Wildman–Crippen MR) is 51.9 cm³/mol. The van der Waals surface area contributed by atoms with Gasteiger partial charge in [-0.15, -0.1) is 0 Å². The lowest BCUT2D eigenvalue weighted by atomic mass is 10.3. The monoisotopic (exact) mass is 190 g/mol. The number of ether oxygens (including phenoxy) is 1. The lowest BCUT2D eigenvalue weighted by Crippen LogP contribution is -2.09. The van der Waals surface area contributed by atoms with Crippen molar-refractivity contribution >= 4 is 11.6 Å². The fourth-order valence-corrected chi connectivity index (χ4v) is 0.978. The molecule has 0 heterocycles. The largest absolute Gasteiger partial charge is 0.497 e. The molecular formula is C10H10N2O2. The molecule has 0 spiro atoms. The fraction of sp³-hybridized carbons (Fsp3) is 0.200. The van der Waals surface area contributed by atoms with Crippen molar-refractivity contribution in [2.75, 3.05) is 12.4 Å². The molecule has 0 aliphatic heterocycles. The number of anilines is 1. The van der Waals surface area contributed by atoms with E-state index in [4.69, 9.17) is 10.00 Å². The molecule has 72 valence electrons. The molecule has 0 aliphatic rings. The first-order valence-electron chi connectivity index (χ1n) is 4.07. The van der Waals surface area contributed by atoms with Gasteiger partial charge in [0.15, 0.2) is 0 Å². The third kappa shape index (κ3) is 2.79. The summed E-state index contributed by atoms with van der Waals surface area (Å²) in [4.78, 5) is 11.0. The molecular weight excluding hydrogens is 180 g/mol. The van der Waals surface area contributed by atoms with Gasteiger partial charge in [-0.25, -0.2) is 0 Å². The molecule has 0 unspecified atom stereocenters. The van der Waals surface area contributed by atoms with Crippen LogP contribution < -0.4 is 10.1 Å². The number of rotatable bonds is 3. The van der Waals surface area contributed by atoms with Crippen molar-refractivity contribution in [1.82, 2.24) is 0 Å². The SMILES string of the molecule is COc1cccc(NC(=O)CC#N)c1. The van der Waals surface area contributed by atoms with E-state index in [1.165, 1.54) is 0 Å². The summed E-state index contributed by atoms with van der Waals surface area (Å²) in [5.74, 6) is 0.348. The Hall–Kier alpha value is -2.02. The number of hydrogen-bond acceptors (Lipinski definition) is 3. The van der Waals surface area contributed by atoms with Gasteiger partial charge >= 0.3 is 0 Å². The van der Waals surface area contributed by atoms with Crippen LogP contribution in [0.25, 0.3) is 0 Å². The Morgan fingerprint density at radius 3 is 3.07 bits per heavy atom. The van der Waals surface area contributed by atoms with Crippen molar-refractivity contribution < 1.29 is 9.53 Å². The predicted octanol–water partition coefficient (Wildman–Crippen LogP) is 1.55. The lowest BCUT2D eigenvalue weighted by molar-refractivity contribution is -0.115. The van der Waals surface area contributed by atoms with Crippen molar-refractivity contribution in [1.29, 1.82) is 5.26 Å². The van der Waals surface area contributed by atoms with Gasteiger partial charge in [0.2, 0.25) is 5.91 Å². The molecule has 1 amide bonds. The first-order valence-corrected chi connectivity index (χ1v) is 4.07. The Morgan fingerprint density at radius 1 is 1.64 bits per heavy atom. The number of hydrogen-bond donors (Lipinski definition) is 1. The minimum absolute atomic E-state index is 0.142. The van der Waals surface area contributed by atoms with Crippen molar-refractivity contribution in [2.24, 2.45) is 0 Å². The lowest BCUT2D eigenvalue weighted by Gasteiger charge is -2.04. The summed E-state index contributed by atoms with van der Waals surface area (Å²) in [5, 5.41) is 10.9. The van der Waals surface area contributed by atoms with Crippen molar-refractivity contribution in [2.45, 2.75) is 6.42 Å². The highest BCUT2D eigenvalue weighted by atomic mass is 16.5. The average Bonchev–Trinajstić information content (AvgIpc) is 2.18. The summed E-state index contributed by atoms with van der Waals surface area (Å²) in [7, 11) is 1.55. The van der Waals surface area contributed by atoms with Gasteiger partial charge in [0.1, 0.15) is 12.2 Å². The molecule has 1 aromatic rings. The Bertz CT molecular complexity index is 369.